The summed E-state index contributed by atoms with van der Waals surface area (Å²) in [6, 6.07) is 12.2. The van der Waals surface area contributed by atoms with E-state index in [2.05, 4.69) is 41.8 Å². The molecule has 0 aliphatic carbocycles. The van der Waals surface area contributed by atoms with Crippen LogP contribution >= 0.6 is 0 Å². The maximum Gasteiger partial charge on any atom is 0.0235 e. The maximum absolute atomic E-state index is 3.08. The molecule has 1 radical (unpaired) electrons. The number of likely N-dealkylation sites (N-methyl/N-ethyl adjacent to an activating group) is 1. The fourth-order valence-corrected chi connectivity index (χ4v) is 2.78. The third kappa shape index (κ3) is 3.30. The Balaban J connectivity index is 1.86. The van der Waals surface area contributed by atoms with Gasteiger partial charge in [-0.05, 0) is 31.1 Å². The first-order valence-electron chi connectivity index (χ1n) is 6.74. The first-order valence-corrected chi connectivity index (χ1v) is 6.74. The Morgan fingerprint density at radius 3 is 2.65 bits per heavy atom. The van der Waals surface area contributed by atoms with Crippen LogP contribution in [0.4, 0.5) is 0 Å². The van der Waals surface area contributed by atoms with Crippen molar-refractivity contribution in [3.05, 3.63) is 35.9 Å². The van der Waals surface area contributed by atoms with E-state index in [0.717, 1.165) is 12.6 Å². The van der Waals surface area contributed by atoms with Gasteiger partial charge in [0.25, 0.3) is 0 Å². The summed E-state index contributed by atoms with van der Waals surface area (Å²) in [5.41, 5.74) is 1.41. The van der Waals surface area contributed by atoms with E-state index in [4.69, 9.17) is 0 Å². The van der Waals surface area contributed by atoms with Crippen LogP contribution < -0.4 is 0 Å². The SMILES string of the molecule is CCN(CC)C1CCN(Cc2cc[c]cc2)C1. The Hall–Kier alpha value is -0.860. The van der Waals surface area contributed by atoms with Gasteiger partial charge in [-0.2, -0.15) is 0 Å². The molecule has 1 unspecified atom stereocenters. The molecular weight excluding hydrogens is 208 g/mol. The molecule has 0 saturated carbocycles. The smallest absolute Gasteiger partial charge is 0.0235 e. The lowest BCUT2D eigenvalue weighted by Crippen LogP contribution is -2.37. The fourth-order valence-electron chi connectivity index (χ4n) is 2.78. The lowest BCUT2D eigenvalue weighted by atomic mass is 10.2. The van der Waals surface area contributed by atoms with E-state index in [1.807, 2.05) is 12.1 Å². The molecule has 0 spiro atoms. The normalized spacial score (nSPS) is 21.2. The van der Waals surface area contributed by atoms with Crippen LogP contribution in [0, 0.1) is 6.07 Å². The minimum Gasteiger partial charge on any atom is -0.300 e. The lowest BCUT2D eigenvalue weighted by Gasteiger charge is -2.26. The summed E-state index contributed by atoms with van der Waals surface area (Å²) >= 11 is 0. The Kier molecular flexibility index (Phi) is 4.57. The van der Waals surface area contributed by atoms with Gasteiger partial charge in [-0.1, -0.05) is 38.1 Å². The third-order valence-corrected chi connectivity index (χ3v) is 3.77. The topological polar surface area (TPSA) is 6.48 Å². The van der Waals surface area contributed by atoms with E-state index in [-0.39, 0.29) is 0 Å². The van der Waals surface area contributed by atoms with Crippen LogP contribution in [0.3, 0.4) is 0 Å². The van der Waals surface area contributed by atoms with Gasteiger partial charge in [0.05, 0.1) is 0 Å². The Morgan fingerprint density at radius 1 is 1.29 bits per heavy atom. The molecule has 93 valence electrons. The van der Waals surface area contributed by atoms with Gasteiger partial charge in [0.15, 0.2) is 0 Å². The van der Waals surface area contributed by atoms with E-state index in [9.17, 15) is 0 Å². The Labute approximate surface area is 105 Å². The zero-order valence-corrected chi connectivity index (χ0v) is 11.0. The van der Waals surface area contributed by atoms with Crippen molar-refractivity contribution >= 4 is 0 Å². The molecule has 0 bridgehead atoms. The predicted octanol–water partition coefficient (Wildman–Crippen LogP) is 2.40. The molecule has 2 rings (SSSR count). The lowest BCUT2D eigenvalue weighted by molar-refractivity contribution is 0.209. The molecule has 1 aliphatic rings. The highest BCUT2D eigenvalue weighted by Gasteiger charge is 2.25. The predicted molar refractivity (Wildman–Crippen MR) is 71.9 cm³/mol. The first-order chi connectivity index (χ1) is 8.33. The summed E-state index contributed by atoms with van der Waals surface area (Å²) < 4.78 is 0. The number of hydrogen-bond acceptors (Lipinski definition) is 2. The molecule has 0 amide bonds. The summed E-state index contributed by atoms with van der Waals surface area (Å²) in [7, 11) is 0. The second-order valence-corrected chi connectivity index (χ2v) is 4.81. The van der Waals surface area contributed by atoms with Crippen LogP contribution in [0.5, 0.6) is 0 Å². The molecule has 1 heterocycles. The van der Waals surface area contributed by atoms with E-state index >= 15 is 0 Å². The van der Waals surface area contributed by atoms with Crippen LogP contribution in [0.1, 0.15) is 25.8 Å². The number of benzene rings is 1. The molecule has 0 aromatic heterocycles. The number of rotatable bonds is 5. The standard InChI is InChI=1S/C15H23N2/c1-3-17(4-2)15-10-11-16(13-15)12-14-8-6-5-7-9-14/h6-9,15H,3-4,10-13H2,1-2H3. The van der Waals surface area contributed by atoms with E-state index in [1.165, 1.54) is 38.2 Å². The van der Waals surface area contributed by atoms with Gasteiger partial charge in [-0.25, -0.2) is 0 Å². The van der Waals surface area contributed by atoms with Gasteiger partial charge >= 0.3 is 0 Å². The van der Waals surface area contributed by atoms with Crippen molar-refractivity contribution in [2.75, 3.05) is 26.2 Å². The molecule has 1 fully saturated rings. The molecule has 1 atom stereocenters. The van der Waals surface area contributed by atoms with Crippen LogP contribution in [0.25, 0.3) is 0 Å². The summed E-state index contributed by atoms with van der Waals surface area (Å²) in [4.78, 5) is 5.15. The van der Waals surface area contributed by atoms with Gasteiger partial charge in [-0.3, -0.25) is 9.80 Å². The van der Waals surface area contributed by atoms with E-state index in [1.54, 1.807) is 0 Å². The van der Waals surface area contributed by atoms with Crippen molar-refractivity contribution in [2.24, 2.45) is 0 Å². The molecule has 1 saturated heterocycles. The van der Waals surface area contributed by atoms with E-state index < -0.39 is 0 Å². The van der Waals surface area contributed by atoms with Crippen molar-refractivity contribution in [1.29, 1.82) is 0 Å². The molecule has 2 heteroatoms. The molecule has 1 aromatic carbocycles. The monoisotopic (exact) mass is 231 g/mol. The summed E-state index contributed by atoms with van der Waals surface area (Å²) in [6.45, 7) is 10.4. The number of nitrogens with zero attached hydrogens (tertiary/aromatic N) is 2. The first kappa shape index (κ1) is 12.6. The van der Waals surface area contributed by atoms with Crippen molar-refractivity contribution in [1.82, 2.24) is 9.80 Å². The van der Waals surface area contributed by atoms with Gasteiger partial charge in [0.1, 0.15) is 0 Å². The third-order valence-electron chi connectivity index (χ3n) is 3.77. The summed E-state index contributed by atoms with van der Waals surface area (Å²) in [5.74, 6) is 0. The average molecular weight is 231 g/mol. The highest BCUT2D eigenvalue weighted by atomic mass is 15.2. The highest BCUT2D eigenvalue weighted by Crippen LogP contribution is 2.17. The van der Waals surface area contributed by atoms with Crippen molar-refractivity contribution in [3.63, 3.8) is 0 Å². The minimum atomic E-state index is 0.764. The molecule has 2 nitrogen and oxygen atoms in total. The van der Waals surface area contributed by atoms with Crippen LogP contribution in [0.2, 0.25) is 0 Å². The van der Waals surface area contributed by atoms with Crippen LogP contribution in [-0.4, -0.2) is 42.0 Å². The number of hydrogen-bond donors (Lipinski definition) is 0. The van der Waals surface area contributed by atoms with E-state index in [0.29, 0.717) is 0 Å². The van der Waals surface area contributed by atoms with Crippen molar-refractivity contribution in [3.8, 4) is 0 Å². The van der Waals surface area contributed by atoms with Gasteiger partial charge in [0.2, 0.25) is 0 Å². The minimum absolute atomic E-state index is 0.764. The second-order valence-electron chi connectivity index (χ2n) is 4.81. The Morgan fingerprint density at radius 2 is 2.00 bits per heavy atom. The number of likely N-dealkylation sites (tertiary alicyclic amines) is 1. The van der Waals surface area contributed by atoms with Gasteiger partial charge in [-0.15, -0.1) is 0 Å². The quantitative estimate of drug-likeness (QED) is 0.768. The van der Waals surface area contributed by atoms with Crippen LogP contribution in [0.15, 0.2) is 24.3 Å². The second kappa shape index (κ2) is 6.18. The summed E-state index contributed by atoms with van der Waals surface area (Å²) in [6.07, 6.45) is 1.32. The maximum atomic E-state index is 3.08. The van der Waals surface area contributed by atoms with Crippen molar-refractivity contribution in [2.45, 2.75) is 32.9 Å². The van der Waals surface area contributed by atoms with Crippen LogP contribution in [-0.2, 0) is 6.54 Å². The zero-order valence-electron chi connectivity index (χ0n) is 11.0. The molecule has 0 N–H and O–H groups in total. The zero-order chi connectivity index (χ0) is 12.1. The van der Waals surface area contributed by atoms with Crippen molar-refractivity contribution < 1.29 is 0 Å². The highest BCUT2D eigenvalue weighted by molar-refractivity contribution is 5.13. The Bertz CT molecular complexity index is 319. The van der Waals surface area contributed by atoms with Gasteiger partial charge in [0, 0.05) is 25.7 Å². The largest absolute Gasteiger partial charge is 0.300 e. The van der Waals surface area contributed by atoms with Gasteiger partial charge < -0.3 is 0 Å². The molecule has 17 heavy (non-hydrogen) atoms. The average Bonchev–Trinajstić information content (AvgIpc) is 2.81. The molecule has 1 aromatic rings. The summed E-state index contributed by atoms with van der Waals surface area (Å²) in [5, 5.41) is 0. The molecule has 1 aliphatic heterocycles. The molecular formula is C15H23N2. The fraction of sp³-hybridized carbons (Fsp3) is 0.600.